The third-order valence-corrected chi connectivity index (χ3v) is 2.97. The number of carbonyl (C=O) groups is 1. The van der Waals surface area contributed by atoms with Crippen molar-refractivity contribution in [3.05, 3.63) is 23.8 Å². The van der Waals surface area contributed by atoms with E-state index in [0.717, 1.165) is 12.1 Å². The molecule has 0 bridgehead atoms. The van der Waals surface area contributed by atoms with Crippen LogP contribution in [0.15, 0.2) is 18.2 Å². The molecule has 2 N–H and O–H groups in total. The van der Waals surface area contributed by atoms with E-state index >= 15 is 0 Å². The summed E-state index contributed by atoms with van der Waals surface area (Å²) in [5.41, 5.74) is 1.15. The second-order valence-electron chi connectivity index (χ2n) is 5.96. The number of hydrogen-bond donors (Lipinski definition) is 2. The standard InChI is InChI=1S/C16H26N2O3/c1-11(15(19)17-5)21-13-8-7-12(9-14(13)20-6)10-18-16(2,3)4/h7-9,11,18H,10H2,1-6H3,(H,17,19). The normalized spacial score (nSPS) is 12.7. The predicted molar refractivity (Wildman–Crippen MR) is 83.7 cm³/mol. The highest BCUT2D eigenvalue weighted by Gasteiger charge is 2.16. The van der Waals surface area contributed by atoms with Crippen LogP contribution in [0.4, 0.5) is 0 Å². The molecule has 0 spiro atoms. The van der Waals surface area contributed by atoms with E-state index in [9.17, 15) is 4.79 Å². The molecule has 5 nitrogen and oxygen atoms in total. The van der Waals surface area contributed by atoms with E-state index in [1.807, 2.05) is 18.2 Å². The maximum atomic E-state index is 11.5. The van der Waals surface area contributed by atoms with Crippen molar-refractivity contribution in [2.45, 2.75) is 45.9 Å². The lowest BCUT2D eigenvalue weighted by Crippen LogP contribution is -2.35. The maximum Gasteiger partial charge on any atom is 0.260 e. The lowest BCUT2D eigenvalue weighted by molar-refractivity contribution is -0.126. The summed E-state index contributed by atoms with van der Waals surface area (Å²) < 4.78 is 11.0. The highest BCUT2D eigenvalue weighted by Crippen LogP contribution is 2.29. The molecule has 0 aliphatic heterocycles. The fourth-order valence-electron chi connectivity index (χ4n) is 1.73. The first-order chi connectivity index (χ1) is 9.76. The van der Waals surface area contributed by atoms with Gasteiger partial charge in [0.15, 0.2) is 17.6 Å². The number of hydrogen-bond acceptors (Lipinski definition) is 4. The molecule has 5 heteroatoms. The summed E-state index contributed by atoms with van der Waals surface area (Å²) in [5, 5.41) is 5.97. The molecule has 1 rings (SSSR count). The van der Waals surface area contributed by atoms with E-state index in [-0.39, 0.29) is 11.4 Å². The monoisotopic (exact) mass is 294 g/mol. The average molecular weight is 294 g/mol. The van der Waals surface area contributed by atoms with Crippen LogP contribution in [0.1, 0.15) is 33.3 Å². The summed E-state index contributed by atoms with van der Waals surface area (Å²) in [6, 6.07) is 5.72. The summed E-state index contributed by atoms with van der Waals surface area (Å²) in [4.78, 5) is 11.5. The molecule has 1 unspecified atom stereocenters. The van der Waals surface area contributed by atoms with Crippen molar-refractivity contribution < 1.29 is 14.3 Å². The van der Waals surface area contributed by atoms with Crippen LogP contribution in [0.25, 0.3) is 0 Å². The van der Waals surface area contributed by atoms with Gasteiger partial charge in [-0.05, 0) is 45.4 Å². The van der Waals surface area contributed by atoms with Gasteiger partial charge in [-0.3, -0.25) is 4.79 Å². The number of nitrogens with one attached hydrogen (secondary N) is 2. The number of benzene rings is 1. The average Bonchev–Trinajstić information content (AvgIpc) is 2.44. The first kappa shape index (κ1) is 17.3. The Balaban J connectivity index is 2.81. The minimum Gasteiger partial charge on any atom is -0.493 e. The van der Waals surface area contributed by atoms with Gasteiger partial charge in [-0.2, -0.15) is 0 Å². The van der Waals surface area contributed by atoms with Crippen LogP contribution in [0.3, 0.4) is 0 Å². The van der Waals surface area contributed by atoms with Crippen molar-refractivity contribution >= 4 is 5.91 Å². The fourth-order valence-corrected chi connectivity index (χ4v) is 1.73. The van der Waals surface area contributed by atoms with Crippen LogP contribution in [0, 0.1) is 0 Å². The van der Waals surface area contributed by atoms with Crippen molar-refractivity contribution in [2.24, 2.45) is 0 Å². The van der Waals surface area contributed by atoms with E-state index < -0.39 is 6.10 Å². The van der Waals surface area contributed by atoms with E-state index in [2.05, 4.69) is 31.4 Å². The van der Waals surface area contributed by atoms with Crippen molar-refractivity contribution in [1.82, 2.24) is 10.6 Å². The molecular formula is C16H26N2O3. The highest BCUT2D eigenvalue weighted by molar-refractivity contribution is 5.80. The Labute approximate surface area is 127 Å². The smallest absolute Gasteiger partial charge is 0.260 e. The number of methoxy groups -OCH3 is 1. The van der Waals surface area contributed by atoms with Gasteiger partial charge in [0.25, 0.3) is 5.91 Å². The Kier molecular flexibility index (Phi) is 6.03. The van der Waals surface area contributed by atoms with Gasteiger partial charge in [0.1, 0.15) is 0 Å². The molecule has 1 aromatic carbocycles. The number of amides is 1. The molecule has 1 aromatic rings. The Morgan fingerprint density at radius 1 is 1.29 bits per heavy atom. The maximum absolute atomic E-state index is 11.5. The first-order valence-electron chi connectivity index (χ1n) is 7.07. The molecule has 1 atom stereocenters. The van der Waals surface area contributed by atoms with Crippen molar-refractivity contribution in [3.8, 4) is 11.5 Å². The van der Waals surface area contributed by atoms with Gasteiger partial charge in [0, 0.05) is 19.1 Å². The zero-order chi connectivity index (χ0) is 16.0. The van der Waals surface area contributed by atoms with Crippen molar-refractivity contribution in [1.29, 1.82) is 0 Å². The molecule has 0 heterocycles. The van der Waals surface area contributed by atoms with Crippen LogP contribution < -0.4 is 20.1 Å². The van der Waals surface area contributed by atoms with Gasteiger partial charge < -0.3 is 20.1 Å². The Morgan fingerprint density at radius 2 is 1.95 bits per heavy atom. The third kappa shape index (κ3) is 5.63. The third-order valence-electron chi connectivity index (χ3n) is 2.97. The lowest BCUT2D eigenvalue weighted by atomic mass is 10.1. The highest BCUT2D eigenvalue weighted by atomic mass is 16.5. The summed E-state index contributed by atoms with van der Waals surface area (Å²) in [5.74, 6) is 1.02. The molecule has 0 radical (unpaired) electrons. The molecule has 0 fully saturated rings. The summed E-state index contributed by atoms with van der Waals surface area (Å²) in [7, 11) is 3.18. The zero-order valence-electron chi connectivity index (χ0n) is 13.7. The van der Waals surface area contributed by atoms with Gasteiger partial charge in [-0.1, -0.05) is 6.07 Å². The van der Waals surface area contributed by atoms with Crippen LogP contribution in [0.5, 0.6) is 11.5 Å². The van der Waals surface area contributed by atoms with Gasteiger partial charge in [0.2, 0.25) is 0 Å². The number of carbonyl (C=O) groups excluding carboxylic acids is 1. The molecule has 0 saturated heterocycles. The van der Waals surface area contributed by atoms with Gasteiger partial charge in [-0.15, -0.1) is 0 Å². The SMILES string of the molecule is CNC(=O)C(C)Oc1ccc(CNC(C)(C)C)cc1OC. The number of rotatable bonds is 6. The van der Waals surface area contributed by atoms with E-state index in [1.165, 1.54) is 0 Å². The molecule has 118 valence electrons. The van der Waals surface area contributed by atoms with Crippen LogP contribution in [-0.4, -0.2) is 31.7 Å². The van der Waals surface area contributed by atoms with E-state index in [1.54, 1.807) is 21.1 Å². The molecule has 1 amide bonds. The predicted octanol–water partition coefficient (Wildman–Crippen LogP) is 2.10. The molecule has 0 aromatic heterocycles. The first-order valence-corrected chi connectivity index (χ1v) is 7.07. The topological polar surface area (TPSA) is 59.6 Å². The molecular weight excluding hydrogens is 268 g/mol. The van der Waals surface area contributed by atoms with Crippen molar-refractivity contribution in [3.63, 3.8) is 0 Å². The van der Waals surface area contributed by atoms with Gasteiger partial charge >= 0.3 is 0 Å². The number of ether oxygens (including phenoxy) is 2. The van der Waals surface area contributed by atoms with Crippen molar-refractivity contribution in [2.75, 3.05) is 14.2 Å². The fraction of sp³-hybridized carbons (Fsp3) is 0.562. The Morgan fingerprint density at radius 3 is 2.48 bits per heavy atom. The molecule has 0 saturated carbocycles. The second-order valence-corrected chi connectivity index (χ2v) is 5.96. The summed E-state index contributed by atoms with van der Waals surface area (Å²) in [6.45, 7) is 8.80. The Hall–Kier alpha value is -1.75. The van der Waals surface area contributed by atoms with Gasteiger partial charge in [-0.25, -0.2) is 0 Å². The molecule has 0 aliphatic carbocycles. The minimum absolute atomic E-state index is 0.0517. The zero-order valence-corrected chi connectivity index (χ0v) is 13.7. The van der Waals surface area contributed by atoms with E-state index in [4.69, 9.17) is 9.47 Å². The largest absolute Gasteiger partial charge is 0.493 e. The molecule has 21 heavy (non-hydrogen) atoms. The lowest BCUT2D eigenvalue weighted by Gasteiger charge is -2.21. The quantitative estimate of drug-likeness (QED) is 0.843. The second kappa shape index (κ2) is 7.31. The van der Waals surface area contributed by atoms with Crippen LogP contribution in [-0.2, 0) is 11.3 Å². The summed E-state index contributed by atoms with van der Waals surface area (Å²) in [6.07, 6.45) is -0.567. The van der Waals surface area contributed by atoms with Gasteiger partial charge in [0.05, 0.1) is 7.11 Å². The summed E-state index contributed by atoms with van der Waals surface area (Å²) >= 11 is 0. The number of likely N-dealkylation sites (N-methyl/N-ethyl adjacent to an activating group) is 1. The Bertz CT molecular complexity index is 481. The minimum atomic E-state index is -0.567. The van der Waals surface area contributed by atoms with Crippen LogP contribution in [0.2, 0.25) is 0 Å². The van der Waals surface area contributed by atoms with E-state index in [0.29, 0.717) is 11.5 Å². The molecule has 0 aliphatic rings. The van der Waals surface area contributed by atoms with Crippen LogP contribution >= 0.6 is 0 Å².